The molecule has 9 heteroatoms. The molecule has 0 aliphatic carbocycles. The van der Waals surface area contributed by atoms with Gasteiger partial charge in [0, 0.05) is 25.2 Å². The Bertz CT molecular complexity index is 871. The molecular weight excluding hydrogens is 321 g/mol. The van der Waals surface area contributed by atoms with Gasteiger partial charge in [-0.3, -0.25) is 4.68 Å². The molecule has 2 aromatic heterocycles. The van der Waals surface area contributed by atoms with Crippen molar-refractivity contribution in [2.75, 3.05) is 17.2 Å². The fourth-order valence-corrected chi connectivity index (χ4v) is 2.36. The second-order valence-corrected chi connectivity index (χ2v) is 5.12. The maximum absolute atomic E-state index is 13.0. The molecule has 0 atom stereocenters. The molecule has 0 unspecified atom stereocenters. The fourth-order valence-electron chi connectivity index (χ4n) is 2.36. The Morgan fingerprint density at radius 2 is 2.00 bits per heavy atom. The molecule has 24 heavy (non-hydrogen) atoms. The summed E-state index contributed by atoms with van der Waals surface area (Å²) in [4.78, 5) is 7.74. The average molecular weight is 336 g/mol. The zero-order valence-electron chi connectivity index (χ0n) is 13.0. The number of fused-ring (bicyclic) bond motifs is 1. The third kappa shape index (κ3) is 2.97. The number of aromatic nitrogens is 4. The van der Waals surface area contributed by atoms with E-state index in [0.29, 0.717) is 12.2 Å². The quantitative estimate of drug-likeness (QED) is 0.762. The molecule has 1 aromatic carbocycles. The smallest absolute Gasteiger partial charge is 0.370 e. The van der Waals surface area contributed by atoms with Crippen molar-refractivity contribution in [3.63, 3.8) is 0 Å². The lowest BCUT2D eigenvalue weighted by atomic mass is 10.2. The second-order valence-electron chi connectivity index (χ2n) is 5.12. The minimum absolute atomic E-state index is 0.0790. The number of hydrogen-bond acceptors (Lipinski definition) is 5. The van der Waals surface area contributed by atoms with Crippen LogP contribution < -0.4 is 10.6 Å². The van der Waals surface area contributed by atoms with Crippen LogP contribution in [0.4, 0.5) is 30.6 Å². The molecule has 126 valence electrons. The Labute approximate surface area is 135 Å². The summed E-state index contributed by atoms with van der Waals surface area (Å²) in [5, 5.41) is 10.6. The molecule has 0 bridgehead atoms. The van der Waals surface area contributed by atoms with Crippen molar-refractivity contribution in [3.8, 4) is 0 Å². The van der Waals surface area contributed by atoms with Crippen molar-refractivity contribution < 1.29 is 13.2 Å². The lowest BCUT2D eigenvalue weighted by molar-refractivity contribution is -0.137. The maximum atomic E-state index is 13.0. The first kappa shape index (κ1) is 16.0. The van der Waals surface area contributed by atoms with E-state index < -0.39 is 11.7 Å². The summed E-state index contributed by atoms with van der Waals surface area (Å²) >= 11 is 0. The Morgan fingerprint density at radius 1 is 1.21 bits per heavy atom. The number of hydrogen-bond donors (Lipinski definition) is 2. The van der Waals surface area contributed by atoms with Crippen LogP contribution in [0, 0.1) is 0 Å². The van der Waals surface area contributed by atoms with Crippen LogP contribution in [0.1, 0.15) is 12.5 Å². The Kier molecular flexibility index (Phi) is 4.00. The van der Waals surface area contributed by atoms with Crippen LogP contribution in [-0.4, -0.2) is 26.3 Å². The number of halogens is 3. The van der Waals surface area contributed by atoms with Gasteiger partial charge in [0.25, 0.3) is 0 Å². The Morgan fingerprint density at radius 3 is 2.71 bits per heavy atom. The van der Waals surface area contributed by atoms with Gasteiger partial charge >= 0.3 is 6.18 Å². The third-order valence-electron chi connectivity index (χ3n) is 3.48. The predicted molar refractivity (Wildman–Crippen MR) is 85.2 cm³/mol. The molecule has 2 N–H and O–H groups in total. The van der Waals surface area contributed by atoms with Crippen molar-refractivity contribution in [2.24, 2.45) is 7.05 Å². The zero-order valence-corrected chi connectivity index (χ0v) is 13.0. The van der Waals surface area contributed by atoms with Crippen molar-refractivity contribution in [2.45, 2.75) is 13.1 Å². The van der Waals surface area contributed by atoms with Gasteiger partial charge < -0.3 is 10.6 Å². The van der Waals surface area contributed by atoms with Gasteiger partial charge in [-0.25, -0.2) is 4.98 Å². The van der Waals surface area contributed by atoms with E-state index in [-0.39, 0.29) is 11.8 Å². The lowest BCUT2D eigenvalue weighted by Crippen LogP contribution is -2.14. The first-order chi connectivity index (χ1) is 11.4. The van der Waals surface area contributed by atoms with E-state index in [1.807, 2.05) is 19.2 Å². The summed E-state index contributed by atoms with van der Waals surface area (Å²) in [6, 6.07) is 5.50. The number of rotatable bonds is 4. The zero-order chi connectivity index (χ0) is 17.3. The molecule has 0 spiro atoms. The first-order valence-corrected chi connectivity index (χ1v) is 7.26. The third-order valence-corrected chi connectivity index (χ3v) is 3.48. The molecule has 3 rings (SSSR count). The highest BCUT2D eigenvalue weighted by Gasteiger charge is 2.35. The minimum Gasteiger partial charge on any atom is -0.370 e. The number of benzene rings is 1. The summed E-state index contributed by atoms with van der Waals surface area (Å²) in [5.41, 5.74) is 0.663. The van der Waals surface area contributed by atoms with Gasteiger partial charge in [0.05, 0.1) is 17.4 Å². The SMILES string of the molecule is CCNc1nc(Nc2cccc3c2cnn3C)ncc1C(F)(F)F. The molecule has 0 saturated heterocycles. The summed E-state index contributed by atoms with van der Waals surface area (Å²) in [7, 11) is 1.81. The van der Waals surface area contributed by atoms with Gasteiger partial charge in [-0.05, 0) is 19.1 Å². The first-order valence-electron chi connectivity index (χ1n) is 7.26. The van der Waals surface area contributed by atoms with E-state index in [2.05, 4.69) is 25.7 Å². The maximum Gasteiger partial charge on any atom is 0.421 e. The summed E-state index contributed by atoms with van der Waals surface area (Å²) in [6.07, 6.45) is -2.07. The average Bonchev–Trinajstić information content (AvgIpc) is 2.89. The summed E-state index contributed by atoms with van der Waals surface area (Å²) in [5.74, 6) is -0.170. The van der Waals surface area contributed by atoms with E-state index in [0.717, 1.165) is 17.1 Å². The van der Waals surface area contributed by atoms with Gasteiger partial charge in [0.1, 0.15) is 11.4 Å². The molecule has 3 aromatic rings. The number of anilines is 3. The van der Waals surface area contributed by atoms with Gasteiger partial charge in [-0.1, -0.05) is 6.07 Å². The van der Waals surface area contributed by atoms with E-state index >= 15 is 0 Å². The van der Waals surface area contributed by atoms with Crippen LogP contribution in [0.25, 0.3) is 10.9 Å². The molecule has 0 radical (unpaired) electrons. The van der Waals surface area contributed by atoms with Crippen LogP contribution in [0.5, 0.6) is 0 Å². The monoisotopic (exact) mass is 336 g/mol. The summed E-state index contributed by atoms with van der Waals surface area (Å²) in [6.45, 7) is 2.02. The van der Waals surface area contributed by atoms with E-state index in [1.165, 1.54) is 0 Å². The topological polar surface area (TPSA) is 67.7 Å². The van der Waals surface area contributed by atoms with Crippen LogP contribution in [0.2, 0.25) is 0 Å². The molecule has 2 heterocycles. The van der Waals surface area contributed by atoms with Crippen LogP contribution in [-0.2, 0) is 13.2 Å². The van der Waals surface area contributed by atoms with Crippen molar-refractivity contribution >= 4 is 28.4 Å². The van der Waals surface area contributed by atoms with Crippen LogP contribution >= 0.6 is 0 Å². The van der Waals surface area contributed by atoms with Crippen molar-refractivity contribution in [1.29, 1.82) is 0 Å². The normalized spacial score (nSPS) is 11.7. The largest absolute Gasteiger partial charge is 0.421 e. The Hall–Kier alpha value is -2.84. The molecular formula is C15H15F3N6. The lowest BCUT2D eigenvalue weighted by Gasteiger charge is -2.14. The van der Waals surface area contributed by atoms with E-state index in [9.17, 15) is 13.2 Å². The van der Waals surface area contributed by atoms with Crippen molar-refractivity contribution in [3.05, 3.63) is 36.2 Å². The van der Waals surface area contributed by atoms with Gasteiger partial charge in [-0.15, -0.1) is 0 Å². The molecule has 0 fully saturated rings. The fraction of sp³-hybridized carbons (Fsp3) is 0.267. The van der Waals surface area contributed by atoms with Gasteiger partial charge in [0.15, 0.2) is 0 Å². The molecule has 0 saturated carbocycles. The summed E-state index contributed by atoms with van der Waals surface area (Å²) < 4.78 is 40.7. The number of nitrogens with zero attached hydrogens (tertiary/aromatic N) is 4. The van der Waals surface area contributed by atoms with Gasteiger partial charge in [-0.2, -0.15) is 23.3 Å². The van der Waals surface area contributed by atoms with Crippen LogP contribution in [0.3, 0.4) is 0 Å². The highest BCUT2D eigenvalue weighted by Crippen LogP contribution is 2.34. The van der Waals surface area contributed by atoms with Crippen molar-refractivity contribution in [1.82, 2.24) is 19.7 Å². The molecule has 0 aliphatic rings. The minimum atomic E-state index is -4.51. The number of nitrogens with one attached hydrogen (secondary N) is 2. The Balaban J connectivity index is 1.99. The molecule has 0 aliphatic heterocycles. The molecule has 6 nitrogen and oxygen atoms in total. The predicted octanol–water partition coefficient (Wildman–Crippen LogP) is 3.56. The van der Waals surface area contributed by atoms with Gasteiger partial charge in [0.2, 0.25) is 5.95 Å². The van der Waals surface area contributed by atoms with Crippen LogP contribution in [0.15, 0.2) is 30.6 Å². The number of alkyl halides is 3. The highest BCUT2D eigenvalue weighted by molar-refractivity contribution is 5.92. The molecule has 0 amide bonds. The standard InChI is InChI=1S/C15H15F3N6/c1-3-19-13-10(15(16,17)18)8-20-14(23-13)22-11-5-4-6-12-9(11)7-21-24(12)2/h4-8H,3H2,1-2H3,(H2,19,20,22,23). The number of aryl methyl sites for hydroxylation is 1. The highest BCUT2D eigenvalue weighted by atomic mass is 19.4. The van der Waals surface area contributed by atoms with E-state index in [4.69, 9.17) is 0 Å². The second kappa shape index (κ2) is 5.99. The van der Waals surface area contributed by atoms with E-state index in [1.54, 1.807) is 23.9 Å².